The minimum atomic E-state index is -2.92. The second kappa shape index (κ2) is 9.84. The number of guanidine groups is 1. The van der Waals surface area contributed by atoms with Crippen molar-refractivity contribution in [2.45, 2.75) is 39.2 Å². The minimum Gasteiger partial charge on any atom is -0.377 e. The number of sulfone groups is 1. The van der Waals surface area contributed by atoms with Crippen LogP contribution < -0.4 is 10.6 Å². The normalized spacial score (nSPS) is 17.8. The Balaban J connectivity index is 2.42. The van der Waals surface area contributed by atoms with Gasteiger partial charge in [-0.15, -0.1) is 0 Å². The molecule has 22 heavy (non-hydrogen) atoms. The van der Waals surface area contributed by atoms with E-state index in [2.05, 4.69) is 21.7 Å². The van der Waals surface area contributed by atoms with Crippen LogP contribution >= 0.6 is 0 Å². The van der Waals surface area contributed by atoms with Crippen molar-refractivity contribution in [2.24, 2.45) is 4.99 Å². The lowest BCUT2D eigenvalue weighted by molar-refractivity contribution is 0.153. The van der Waals surface area contributed by atoms with Crippen molar-refractivity contribution in [3.8, 4) is 0 Å². The average Bonchev–Trinajstić information content (AvgIpc) is 2.46. The average molecular weight is 331 g/mol. The molecule has 0 aromatic rings. The maximum absolute atomic E-state index is 11.2. The SMILES string of the molecule is CCNC(=NCCC1=CCOCC1)NC(C)CCS(C)(=O)=O. The predicted molar refractivity (Wildman–Crippen MR) is 91.0 cm³/mol. The van der Waals surface area contributed by atoms with Gasteiger partial charge >= 0.3 is 0 Å². The van der Waals surface area contributed by atoms with Crippen LogP contribution in [0.2, 0.25) is 0 Å². The summed E-state index contributed by atoms with van der Waals surface area (Å²) in [6.45, 7) is 7.00. The molecule has 0 bridgehead atoms. The zero-order valence-electron chi connectivity index (χ0n) is 13.9. The summed E-state index contributed by atoms with van der Waals surface area (Å²) in [5.74, 6) is 0.934. The summed E-state index contributed by atoms with van der Waals surface area (Å²) in [6.07, 6.45) is 5.91. The first-order valence-corrected chi connectivity index (χ1v) is 9.95. The van der Waals surface area contributed by atoms with Gasteiger partial charge in [0, 0.05) is 25.4 Å². The second-order valence-corrected chi connectivity index (χ2v) is 7.92. The van der Waals surface area contributed by atoms with E-state index in [1.54, 1.807) is 0 Å². The zero-order valence-corrected chi connectivity index (χ0v) is 14.7. The smallest absolute Gasteiger partial charge is 0.191 e. The quantitative estimate of drug-likeness (QED) is 0.395. The molecule has 1 aliphatic heterocycles. The van der Waals surface area contributed by atoms with Gasteiger partial charge in [-0.05, 0) is 33.1 Å². The van der Waals surface area contributed by atoms with Gasteiger partial charge in [0.2, 0.25) is 0 Å². The second-order valence-electron chi connectivity index (χ2n) is 5.66. The standard InChI is InChI=1S/C15H29N3O3S/c1-4-16-15(18-13(2)8-12-22(3,19)20)17-9-5-14-6-10-21-11-7-14/h6,13H,4-5,7-12H2,1-3H3,(H2,16,17,18). The largest absolute Gasteiger partial charge is 0.377 e. The molecule has 0 fully saturated rings. The molecule has 7 heteroatoms. The van der Waals surface area contributed by atoms with Crippen LogP contribution in [-0.4, -0.2) is 58.7 Å². The predicted octanol–water partition coefficient (Wildman–Crippen LogP) is 1.10. The van der Waals surface area contributed by atoms with Crippen LogP contribution in [0.4, 0.5) is 0 Å². The van der Waals surface area contributed by atoms with Crippen molar-refractivity contribution in [3.05, 3.63) is 11.6 Å². The molecule has 0 saturated carbocycles. The molecule has 1 atom stereocenters. The molecule has 0 aromatic carbocycles. The van der Waals surface area contributed by atoms with E-state index in [1.807, 2.05) is 13.8 Å². The lowest BCUT2D eigenvalue weighted by atomic mass is 10.1. The van der Waals surface area contributed by atoms with Crippen LogP contribution in [0.3, 0.4) is 0 Å². The molecule has 6 nitrogen and oxygen atoms in total. The number of hydrogen-bond acceptors (Lipinski definition) is 4. The van der Waals surface area contributed by atoms with Crippen LogP contribution in [0.25, 0.3) is 0 Å². The van der Waals surface area contributed by atoms with E-state index in [1.165, 1.54) is 11.8 Å². The van der Waals surface area contributed by atoms with Gasteiger partial charge in [0.25, 0.3) is 0 Å². The van der Waals surface area contributed by atoms with Gasteiger partial charge in [-0.1, -0.05) is 11.6 Å². The molecule has 1 rings (SSSR count). The van der Waals surface area contributed by atoms with E-state index < -0.39 is 9.84 Å². The molecule has 0 radical (unpaired) electrons. The monoisotopic (exact) mass is 331 g/mol. The highest BCUT2D eigenvalue weighted by Crippen LogP contribution is 2.11. The summed E-state index contributed by atoms with van der Waals surface area (Å²) in [4.78, 5) is 4.56. The van der Waals surface area contributed by atoms with Crippen LogP contribution in [0.5, 0.6) is 0 Å². The minimum absolute atomic E-state index is 0.0646. The van der Waals surface area contributed by atoms with Gasteiger partial charge in [-0.3, -0.25) is 4.99 Å². The van der Waals surface area contributed by atoms with Gasteiger partial charge in [-0.25, -0.2) is 8.42 Å². The highest BCUT2D eigenvalue weighted by molar-refractivity contribution is 7.90. The number of hydrogen-bond donors (Lipinski definition) is 2. The highest BCUT2D eigenvalue weighted by atomic mass is 32.2. The molecule has 1 heterocycles. The lowest BCUT2D eigenvalue weighted by Crippen LogP contribution is -2.42. The van der Waals surface area contributed by atoms with Gasteiger partial charge in [0.1, 0.15) is 9.84 Å². The summed E-state index contributed by atoms with van der Waals surface area (Å²) < 4.78 is 27.7. The molecular weight excluding hydrogens is 302 g/mol. The highest BCUT2D eigenvalue weighted by Gasteiger charge is 2.09. The van der Waals surface area contributed by atoms with Crippen molar-refractivity contribution in [3.63, 3.8) is 0 Å². The molecule has 128 valence electrons. The van der Waals surface area contributed by atoms with Gasteiger partial charge in [0.15, 0.2) is 5.96 Å². The Labute approximate surface area is 134 Å². The third-order valence-corrected chi connectivity index (χ3v) is 4.39. The summed E-state index contributed by atoms with van der Waals surface area (Å²) in [5.41, 5.74) is 1.40. The Bertz CT molecular complexity index is 486. The fourth-order valence-electron chi connectivity index (χ4n) is 2.12. The van der Waals surface area contributed by atoms with E-state index >= 15 is 0 Å². The zero-order chi connectivity index (χ0) is 16.4. The molecule has 1 aliphatic rings. The van der Waals surface area contributed by atoms with E-state index in [4.69, 9.17) is 4.74 Å². The van der Waals surface area contributed by atoms with Crippen LogP contribution in [0, 0.1) is 0 Å². The molecule has 1 unspecified atom stereocenters. The van der Waals surface area contributed by atoms with E-state index in [0.29, 0.717) is 13.0 Å². The van der Waals surface area contributed by atoms with Crippen LogP contribution in [0.15, 0.2) is 16.6 Å². The summed E-state index contributed by atoms with van der Waals surface area (Å²) >= 11 is 0. The molecular formula is C15H29N3O3S. The van der Waals surface area contributed by atoms with Gasteiger partial charge in [-0.2, -0.15) is 0 Å². The van der Waals surface area contributed by atoms with Crippen molar-refractivity contribution in [2.75, 3.05) is 38.3 Å². The first-order valence-electron chi connectivity index (χ1n) is 7.89. The Morgan fingerprint density at radius 2 is 2.27 bits per heavy atom. The Morgan fingerprint density at radius 3 is 2.86 bits per heavy atom. The molecule has 2 N–H and O–H groups in total. The molecule has 0 saturated heterocycles. The first-order chi connectivity index (χ1) is 10.4. The summed E-state index contributed by atoms with van der Waals surface area (Å²) in [5, 5.41) is 6.45. The van der Waals surface area contributed by atoms with Crippen LogP contribution in [-0.2, 0) is 14.6 Å². The van der Waals surface area contributed by atoms with Crippen molar-refractivity contribution >= 4 is 15.8 Å². The number of nitrogens with zero attached hydrogens (tertiary/aromatic N) is 1. The van der Waals surface area contributed by atoms with Gasteiger partial charge in [0.05, 0.1) is 19.0 Å². The van der Waals surface area contributed by atoms with Gasteiger partial charge < -0.3 is 15.4 Å². The maximum atomic E-state index is 11.2. The fraction of sp³-hybridized carbons (Fsp3) is 0.800. The third kappa shape index (κ3) is 9.04. The Hall–Kier alpha value is -1.08. The van der Waals surface area contributed by atoms with Crippen molar-refractivity contribution in [1.82, 2.24) is 10.6 Å². The van der Waals surface area contributed by atoms with Crippen molar-refractivity contribution < 1.29 is 13.2 Å². The number of nitrogens with one attached hydrogen (secondary N) is 2. The fourth-order valence-corrected chi connectivity index (χ4v) is 2.90. The Kier molecular flexibility index (Phi) is 8.48. The molecule has 0 aliphatic carbocycles. The Morgan fingerprint density at radius 1 is 1.50 bits per heavy atom. The van der Waals surface area contributed by atoms with E-state index in [0.717, 1.165) is 38.5 Å². The molecule has 0 amide bonds. The maximum Gasteiger partial charge on any atom is 0.191 e. The number of ether oxygens (including phenoxy) is 1. The lowest BCUT2D eigenvalue weighted by Gasteiger charge is -2.18. The molecule has 0 spiro atoms. The third-order valence-electron chi connectivity index (χ3n) is 3.41. The summed E-state index contributed by atoms with van der Waals surface area (Å²) in [6, 6.07) is 0.0646. The van der Waals surface area contributed by atoms with Crippen molar-refractivity contribution in [1.29, 1.82) is 0 Å². The van der Waals surface area contributed by atoms with Crippen LogP contribution in [0.1, 0.15) is 33.1 Å². The number of aliphatic imine (C=N–C) groups is 1. The first kappa shape index (κ1) is 19.0. The topological polar surface area (TPSA) is 79.8 Å². The molecule has 0 aromatic heterocycles. The number of rotatable bonds is 8. The van der Waals surface area contributed by atoms with E-state index in [9.17, 15) is 8.42 Å². The van der Waals surface area contributed by atoms with E-state index in [-0.39, 0.29) is 11.8 Å². The summed E-state index contributed by atoms with van der Waals surface area (Å²) in [7, 11) is -2.92.